The van der Waals surface area contributed by atoms with Gasteiger partial charge in [0.15, 0.2) is 5.65 Å². The number of aromatic nitrogens is 3. The van der Waals surface area contributed by atoms with E-state index in [-0.39, 0.29) is 0 Å². The molecule has 0 radical (unpaired) electrons. The Morgan fingerprint density at radius 2 is 2.10 bits per heavy atom. The van der Waals surface area contributed by atoms with Gasteiger partial charge >= 0.3 is 0 Å². The molecule has 20 heavy (non-hydrogen) atoms. The van der Waals surface area contributed by atoms with Crippen LogP contribution in [0.25, 0.3) is 11.2 Å². The Balaban J connectivity index is 1.90. The molecule has 4 heteroatoms. The molecule has 4 rings (SSSR count). The highest BCUT2D eigenvalue weighted by molar-refractivity contribution is 5.72. The second kappa shape index (κ2) is 4.34. The van der Waals surface area contributed by atoms with Gasteiger partial charge < -0.3 is 9.88 Å². The first-order valence-corrected chi connectivity index (χ1v) is 6.95. The number of aryl methyl sites for hydroxylation is 1. The summed E-state index contributed by atoms with van der Waals surface area (Å²) in [4.78, 5) is 9.12. The SMILES string of the molecule is Cn1c(C2CCNc3ccccc32)nc2ncccc21. The van der Waals surface area contributed by atoms with Gasteiger partial charge in [-0.3, -0.25) is 0 Å². The third-order valence-electron chi connectivity index (χ3n) is 4.09. The lowest BCUT2D eigenvalue weighted by Gasteiger charge is -2.26. The van der Waals surface area contributed by atoms with E-state index in [0.29, 0.717) is 5.92 Å². The number of anilines is 1. The fourth-order valence-corrected chi connectivity index (χ4v) is 3.09. The molecule has 1 aliphatic heterocycles. The van der Waals surface area contributed by atoms with Gasteiger partial charge in [0.05, 0.1) is 5.52 Å². The molecule has 0 aliphatic carbocycles. The minimum absolute atomic E-state index is 0.339. The van der Waals surface area contributed by atoms with Crippen molar-refractivity contribution in [2.45, 2.75) is 12.3 Å². The van der Waals surface area contributed by atoms with Crippen LogP contribution in [0.4, 0.5) is 5.69 Å². The third kappa shape index (κ3) is 1.61. The topological polar surface area (TPSA) is 42.7 Å². The highest BCUT2D eigenvalue weighted by Crippen LogP contribution is 2.36. The van der Waals surface area contributed by atoms with E-state index in [9.17, 15) is 0 Å². The van der Waals surface area contributed by atoms with Gasteiger partial charge in [-0.2, -0.15) is 0 Å². The molecule has 100 valence electrons. The predicted octanol–water partition coefficient (Wildman–Crippen LogP) is 2.92. The summed E-state index contributed by atoms with van der Waals surface area (Å²) in [7, 11) is 2.08. The average molecular weight is 264 g/mol. The quantitative estimate of drug-likeness (QED) is 0.735. The first-order valence-electron chi connectivity index (χ1n) is 6.95. The van der Waals surface area contributed by atoms with Crippen LogP contribution in [0.3, 0.4) is 0 Å². The number of pyridine rings is 1. The van der Waals surface area contributed by atoms with Crippen molar-refractivity contribution in [1.29, 1.82) is 0 Å². The maximum atomic E-state index is 4.76. The van der Waals surface area contributed by atoms with Crippen LogP contribution in [0.5, 0.6) is 0 Å². The molecule has 1 N–H and O–H groups in total. The number of hydrogen-bond acceptors (Lipinski definition) is 3. The number of imidazole rings is 1. The molecule has 2 aromatic heterocycles. The van der Waals surface area contributed by atoms with E-state index in [1.165, 1.54) is 11.3 Å². The van der Waals surface area contributed by atoms with Gasteiger partial charge in [0.25, 0.3) is 0 Å². The predicted molar refractivity (Wildman–Crippen MR) is 79.9 cm³/mol. The highest BCUT2D eigenvalue weighted by Gasteiger charge is 2.25. The minimum atomic E-state index is 0.339. The van der Waals surface area contributed by atoms with Gasteiger partial charge in [0.2, 0.25) is 0 Å². The van der Waals surface area contributed by atoms with Gasteiger partial charge in [0.1, 0.15) is 5.82 Å². The lowest BCUT2D eigenvalue weighted by Crippen LogP contribution is -2.19. The number of rotatable bonds is 1. The van der Waals surface area contributed by atoms with Gasteiger partial charge in [-0.15, -0.1) is 0 Å². The smallest absolute Gasteiger partial charge is 0.177 e. The van der Waals surface area contributed by atoms with Crippen LogP contribution in [0, 0.1) is 0 Å². The van der Waals surface area contributed by atoms with E-state index in [4.69, 9.17) is 4.98 Å². The molecular formula is C16H16N4. The van der Waals surface area contributed by atoms with Crippen molar-refractivity contribution in [3.8, 4) is 0 Å². The van der Waals surface area contributed by atoms with E-state index < -0.39 is 0 Å². The van der Waals surface area contributed by atoms with Crippen molar-refractivity contribution >= 4 is 16.9 Å². The molecule has 1 aliphatic rings. The molecule has 0 saturated carbocycles. The average Bonchev–Trinajstić information content (AvgIpc) is 2.84. The van der Waals surface area contributed by atoms with Crippen LogP contribution in [0.15, 0.2) is 42.6 Å². The van der Waals surface area contributed by atoms with Gasteiger partial charge in [-0.1, -0.05) is 18.2 Å². The van der Waals surface area contributed by atoms with Crippen molar-refractivity contribution in [2.75, 3.05) is 11.9 Å². The fraction of sp³-hybridized carbons (Fsp3) is 0.250. The normalized spacial score (nSPS) is 17.8. The first kappa shape index (κ1) is 11.5. The van der Waals surface area contributed by atoms with Crippen LogP contribution >= 0.6 is 0 Å². The largest absolute Gasteiger partial charge is 0.385 e. The van der Waals surface area contributed by atoms with Crippen molar-refractivity contribution in [1.82, 2.24) is 14.5 Å². The number of nitrogens with zero attached hydrogens (tertiary/aromatic N) is 3. The molecular weight excluding hydrogens is 248 g/mol. The molecule has 3 aromatic rings. The Hall–Kier alpha value is -2.36. The number of hydrogen-bond donors (Lipinski definition) is 1. The van der Waals surface area contributed by atoms with Gasteiger partial charge in [-0.25, -0.2) is 9.97 Å². The maximum absolute atomic E-state index is 4.76. The first-order chi connectivity index (χ1) is 9.84. The molecule has 4 nitrogen and oxygen atoms in total. The fourth-order valence-electron chi connectivity index (χ4n) is 3.09. The maximum Gasteiger partial charge on any atom is 0.177 e. The molecule has 1 aromatic carbocycles. The van der Waals surface area contributed by atoms with E-state index in [1.807, 2.05) is 6.07 Å². The second-order valence-electron chi connectivity index (χ2n) is 5.23. The van der Waals surface area contributed by atoms with Gasteiger partial charge in [-0.05, 0) is 30.2 Å². The summed E-state index contributed by atoms with van der Waals surface area (Å²) in [5, 5.41) is 3.46. The van der Waals surface area contributed by atoms with Crippen LogP contribution in [0.2, 0.25) is 0 Å². The Morgan fingerprint density at radius 1 is 1.20 bits per heavy atom. The van der Waals surface area contributed by atoms with Crippen molar-refractivity contribution in [3.63, 3.8) is 0 Å². The van der Waals surface area contributed by atoms with Crippen LogP contribution < -0.4 is 5.32 Å². The summed E-state index contributed by atoms with van der Waals surface area (Å²) in [6.07, 6.45) is 2.86. The van der Waals surface area contributed by atoms with Gasteiger partial charge in [0, 0.05) is 31.4 Å². The summed E-state index contributed by atoms with van der Waals surface area (Å²) in [5.74, 6) is 1.44. The van der Waals surface area contributed by atoms with Crippen LogP contribution in [-0.4, -0.2) is 21.1 Å². The van der Waals surface area contributed by atoms with Crippen LogP contribution in [0.1, 0.15) is 23.7 Å². The van der Waals surface area contributed by atoms with Crippen LogP contribution in [-0.2, 0) is 7.05 Å². The third-order valence-corrected chi connectivity index (χ3v) is 4.09. The van der Waals surface area contributed by atoms with Crippen molar-refractivity contribution < 1.29 is 0 Å². The van der Waals surface area contributed by atoms with E-state index in [1.54, 1.807) is 6.20 Å². The summed E-state index contributed by atoms with van der Waals surface area (Å²) in [6, 6.07) is 12.5. The summed E-state index contributed by atoms with van der Waals surface area (Å²) in [5.41, 5.74) is 4.49. The molecule has 3 heterocycles. The highest BCUT2D eigenvalue weighted by atomic mass is 15.1. The van der Waals surface area contributed by atoms with E-state index in [0.717, 1.165) is 30.0 Å². The second-order valence-corrected chi connectivity index (χ2v) is 5.23. The number of para-hydroxylation sites is 1. The van der Waals surface area contributed by atoms with Crippen molar-refractivity contribution in [3.05, 3.63) is 54.0 Å². The number of fused-ring (bicyclic) bond motifs is 2. The lowest BCUT2D eigenvalue weighted by atomic mass is 9.90. The summed E-state index contributed by atoms with van der Waals surface area (Å²) < 4.78 is 2.18. The zero-order valence-corrected chi connectivity index (χ0v) is 11.4. The van der Waals surface area contributed by atoms with E-state index in [2.05, 4.69) is 52.2 Å². The zero-order valence-electron chi connectivity index (χ0n) is 11.4. The Morgan fingerprint density at radius 3 is 3.00 bits per heavy atom. The Labute approximate surface area is 117 Å². The molecule has 1 unspecified atom stereocenters. The monoisotopic (exact) mass is 264 g/mol. The Bertz CT molecular complexity index is 775. The molecule has 0 bridgehead atoms. The van der Waals surface area contributed by atoms with Crippen molar-refractivity contribution in [2.24, 2.45) is 7.05 Å². The summed E-state index contributed by atoms with van der Waals surface area (Å²) in [6.45, 7) is 0.984. The molecule has 1 atom stereocenters. The minimum Gasteiger partial charge on any atom is -0.385 e. The Kier molecular flexibility index (Phi) is 2.49. The van der Waals surface area contributed by atoms with E-state index >= 15 is 0 Å². The molecule has 0 fully saturated rings. The number of benzene rings is 1. The number of nitrogens with one attached hydrogen (secondary N) is 1. The standard InChI is InChI=1S/C16H16N4/c1-20-14-7-4-9-18-15(14)19-16(20)12-8-10-17-13-6-3-2-5-11(12)13/h2-7,9,12,17H,8,10H2,1H3. The zero-order chi connectivity index (χ0) is 13.5. The lowest BCUT2D eigenvalue weighted by molar-refractivity contribution is 0.649. The molecule has 0 saturated heterocycles. The molecule has 0 spiro atoms. The summed E-state index contributed by atoms with van der Waals surface area (Å²) >= 11 is 0. The molecule has 0 amide bonds.